The maximum Gasteiger partial charge on any atom is 0.243 e. The molecule has 2 aliphatic rings. The predicted molar refractivity (Wildman–Crippen MR) is 99.8 cm³/mol. The molecule has 0 aliphatic carbocycles. The summed E-state index contributed by atoms with van der Waals surface area (Å²) in [5, 5.41) is 0.452. The Hall–Kier alpha value is -1.60. The molecule has 8 heteroatoms. The lowest BCUT2D eigenvalue weighted by Gasteiger charge is -2.44. The molecule has 0 aromatic heterocycles. The zero-order valence-electron chi connectivity index (χ0n) is 13.7. The first kappa shape index (κ1) is 17.8. The predicted octanol–water partition coefficient (Wildman–Crippen LogP) is 3.12. The van der Waals surface area contributed by atoms with E-state index in [2.05, 4.69) is 0 Å². The zero-order chi connectivity index (χ0) is 18.5. The van der Waals surface area contributed by atoms with Gasteiger partial charge in [-0.05, 0) is 35.7 Å². The molecular formula is C18H16Cl2N2O3S. The minimum atomic E-state index is -3.84. The third-order valence-corrected chi connectivity index (χ3v) is 7.50. The van der Waals surface area contributed by atoms with E-state index in [0.29, 0.717) is 6.54 Å². The molecule has 4 rings (SSSR count). The average Bonchev–Trinajstić information content (AvgIpc) is 2.63. The molecule has 1 fully saturated rings. The molecule has 1 unspecified atom stereocenters. The van der Waals surface area contributed by atoms with Crippen molar-refractivity contribution in [1.29, 1.82) is 0 Å². The minimum absolute atomic E-state index is 0.0391. The van der Waals surface area contributed by atoms with Gasteiger partial charge in [-0.2, -0.15) is 4.31 Å². The summed E-state index contributed by atoms with van der Waals surface area (Å²) >= 11 is 11.9. The van der Waals surface area contributed by atoms with Crippen LogP contribution in [-0.2, 0) is 21.2 Å². The third kappa shape index (κ3) is 2.91. The summed E-state index contributed by atoms with van der Waals surface area (Å²) in [6.45, 7) is 0.674. The summed E-state index contributed by atoms with van der Waals surface area (Å²) < 4.78 is 27.3. The Balaban J connectivity index is 1.71. The minimum Gasteiger partial charge on any atom is -0.333 e. The molecule has 2 aromatic rings. The second-order valence-electron chi connectivity index (χ2n) is 6.43. The lowest BCUT2D eigenvalue weighted by atomic mass is 9.91. The molecular weight excluding hydrogens is 395 g/mol. The van der Waals surface area contributed by atoms with Crippen LogP contribution in [0.4, 0.5) is 0 Å². The van der Waals surface area contributed by atoms with Crippen LogP contribution in [0.25, 0.3) is 0 Å². The fourth-order valence-electron chi connectivity index (χ4n) is 3.62. The van der Waals surface area contributed by atoms with Crippen LogP contribution in [-0.4, -0.2) is 43.2 Å². The maximum absolute atomic E-state index is 13.0. The van der Waals surface area contributed by atoms with Gasteiger partial charge in [-0.3, -0.25) is 4.79 Å². The molecule has 1 saturated heterocycles. The Kier molecular flexibility index (Phi) is 4.47. The summed E-state index contributed by atoms with van der Waals surface area (Å²) in [5.74, 6) is -0.181. The van der Waals surface area contributed by atoms with Crippen LogP contribution in [0, 0.1) is 0 Å². The van der Waals surface area contributed by atoms with Gasteiger partial charge in [-0.1, -0.05) is 47.5 Å². The van der Waals surface area contributed by atoms with Gasteiger partial charge in [0.15, 0.2) is 0 Å². The fraction of sp³-hybridized carbons (Fsp3) is 0.278. The number of hydrogen-bond acceptors (Lipinski definition) is 3. The Morgan fingerprint density at radius 3 is 2.58 bits per heavy atom. The molecule has 1 amide bonds. The molecule has 0 N–H and O–H groups in total. The topological polar surface area (TPSA) is 57.7 Å². The number of halogens is 2. The van der Waals surface area contributed by atoms with Gasteiger partial charge in [0, 0.05) is 13.1 Å². The highest BCUT2D eigenvalue weighted by molar-refractivity contribution is 7.89. The van der Waals surface area contributed by atoms with Crippen molar-refractivity contribution in [3.05, 3.63) is 63.6 Å². The van der Waals surface area contributed by atoms with E-state index in [1.165, 1.54) is 22.5 Å². The van der Waals surface area contributed by atoms with Gasteiger partial charge in [0.2, 0.25) is 15.9 Å². The largest absolute Gasteiger partial charge is 0.333 e. The van der Waals surface area contributed by atoms with Gasteiger partial charge in [-0.25, -0.2) is 8.42 Å². The highest BCUT2D eigenvalue weighted by Crippen LogP contribution is 2.35. The first-order chi connectivity index (χ1) is 12.4. The van der Waals surface area contributed by atoms with E-state index in [0.717, 1.165) is 17.5 Å². The Bertz CT molecular complexity index is 994. The maximum atomic E-state index is 13.0. The van der Waals surface area contributed by atoms with Crippen molar-refractivity contribution in [2.75, 3.05) is 19.6 Å². The molecule has 26 heavy (non-hydrogen) atoms. The summed E-state index contributed by atoms with van der Waals surface area (Å²) in [6, 6.07) is 11.8. The van der Waals surface area contributed by atoms with Crippen LogP contribution in [0.1, 0.15) is 17.2 Å². The Morgan fingerprint density at radius 2 is 1.81 bits per heavy atom. The number of hydrogen-bond donors (Lipinski definition) is 0. The number of piperazine rings is 1. The summed E-state index contributed by atoms with van der Waals surface area (Å²) in [5.41, 5.74) is 2.18. The van der Waals surface area contributed by atoms with Crippen molar-refractivity contribution < 1.29 is 13.2 Å². The Morgan fingerprint density at radius 1 is 1.04 bits per heavy atom. The van der Waals surface area contributed by atoms with Crippen molar-refractivity contribution in [1.82, 2.24) is 9.21 Å². The molecule has 2 heterocycles. The number of carbonyl (C=O) groups excluding carboxylic acids is 1. The van der Waals surface area contributed by atoms with E-state index in [1.807, 2.05) is 24.3 Å². The molecule has 5 nitrogen and oxygen atoms in total. The van der Waals surface area contributed by atoms with Crippen LogP contribution in [0.3, 0.4) is 0 Å². The van der Waals surface area contributed by atoms with Gasteiger partial charge in [0.05, 0.1) is 27.5 Å². The van der Waals surface area contributed by atoms with Crippen molar-refractivity contribution >= 4 is 39.1 Å². The lowest BCUT2D eigenvalue weighted by Crippen LogP contribution is -2.55. The van der Waals surface area contributed by atoms with Crippen molar-refractivity contribution in [2.24, 2.45) is 0 Å². The number of amides is 1. The number of sulfonamides is 1. The molecule has 1 atom stereocenters. The summed E-state index contributed by atoms with van der Waals surface area (Å²) in [7, 11) is -3.84. The molecule has 2 aliphatic heterocycles. The third-order valence-electron chi connectivity index (χ3n) is 4.95. The second kappa shape index (κ2) is 6.53. The Labute approximate surface area is 162 Å². The number of nitrogens with zero attached hydrogens (tertiary/aromatic N) is 2. The molecule has 2 aromatic carbocycles. The van der Waals surface area contributed by atoms with Gasteiger partial charge < -0.3 is 4.90 Å². The van der Waals surface area contributed by atoms with E-state index in [4.69, 9.17) is 23.2 Å². The first-order valence-corrected chi connectivity index (χ1v) is 10.4. The van der Waals surface area contributed by atoms with E-state index < -0.39 is 10.0 Å². The standard InChI is InChI=1S/C18H16Cl2N2O3S/c19-15-6-5-13(9-16(15)20)26(24,25)21-10-17-14-4-2-1-3-12(14)7-8-22(17)18(23)11-21/h1-6,9,17H,7-8,10-11H2. The quantitative estimate of drug-likeness (QED) is 0.763. The van der Waals surface area contributed by atoms with E-state index in [9.17, 15) is 13.2 Å². The fourth-order valence-corrected chi connectivity index (χ4v) is 5.40. The van der Waals surface area contributed by atoms with Crippen LogP contribution < -0.4 is 0 Å². The number of fused-ring (bicyclic) bond motifs is 3. The van der Waals surface area contributed by atoms with E-state index in [-0.39, 0.29) is 40.0 Å². The second-order valence-corrected chi connectivity index (χ2v) is 9.18. The smallest absolute Gasteiger partial charge is 0.243 e. The highest BCUT2D eigenvalue weighted by Gasteiger charge is 2.41. The summed E-state index contributed by atoms with van der Waals surface area (Å²) in [4.78, 5) is 14.4. The van der Waals surface area contributed by atoms with E-state index in [1.54, 1.807) is 4.90 Å². The van der Waals surface area contributed by atoms with Gasteiger partial charge in [0.25, 0.3) is 0 Å². The average molecular weight is 411 g/mol. The lowest BCUT2D eigenvalue weighted by molar-refractivity contribution is -0.138. The van der Waals surface area contributed by atoms with Crippen molar-refractivity contribution in [2.45, 2.75) is 17.4 Å². The number of rotatable bonds is 2. The van der Waals surface area contributed by atoms with E-state index >= 15 is 0 Å². The molecule has 0 radical (unpaired) electrons. The molecule has 136 valence electrons. The van der Waals surface area contributed by atoms with Crippen molar-refractivity contribution in [3.8, 4) is 0 Å². The summed E-state index contributed by atoms with van der Waals surface area (Å²) in [6.07, 6.45) is 0.790. The van der Waals surface area contributed by atoms with Gasteiger partial charge >= 0.3 is 0 Å². The SMILES string of the molecule is O=C1CN(S(=O)(=O)c2ccc(Cl)c(Cl)c2)CC2c3ccccc3CCN12. The number of benzene rings is 2. The van der Waals surface area contributed by atoms with Crippen LogP contribution in [0.15, 0.2) is 47.4 Å². The van der Waals surface area contributed by atoms with Gasteiger partial charge in [0.1, 0.15) is 0 Å². The normalized spacial score (nSPS) is 20.6. The van der Waals surface area contributed by atoms with Crippen molar-refractivity contribution in [3.63, 3.8) is 0 Å². The van der Waals surface area contributed by atoms with Crippen LogP contribution in [0.2, 0.25) is 10.0 Å². The number of carbonyl (C=O) groups is 1. The van der Waals surface area contributed by atoms with Crippen LogP contribution in [0.5, 0.6) is 0 Å². The first-order valence-electron chi connectivity index (χ1n) is 8.20. The zero-order valence-corrected chi connectivity index (χ0v) is 16.1. The van der Waals surface area contributed by atoms with Gasteiger partial charge in [-0.15, -0.1) is 0 Å². The molecule has 0 spiro atoms. The van der Waals surface area contributed by atoms with Crippen LogP contribution >= 0.6 is 23.2 Å². The monoisotopic (exact) mass is 410 g/mol. The molecule has 0 bridgehead atoms. The molecule has 0 saturated carbocycles. The highest BCUT2D eigenvalue weighted by atomic mass is 35.5.